The molecule has 6 heteroatoms. The molecule has 0 bridgehead atoms. The molecule has 0 aliphatic rings. The Morgan fingerprint density at radius 2 is 1.84 bits per heavy atom. The highest BCUT2D eigenvalue weighted by Gasteiger charge is 2.12. The third kappa shape index (κ3) is 2.79. The van der Waals surface area contributed by atoms with E-state index in [1.807, 2.05) is 48.7 Å². The van der Waals surface area contributed by atoms with E-state index in [0.29, 0.717) is 11.4 Å². The third-order valence-electron chi connectivity index (χ3n) is 4.37. The SMILES string of the molecule is COc1ccc2c(c1)c1cnccc1n2Cc1ccc(S(N)=O)cc1. The van der Waals surface area contributed by atoms with Crippen molar-refractivity contribution in [3.8, 4) is 5.75 Å². The second-order valence-electron chi connectivity index (χ2n) is 5.80. The van der Waals surface area contributed by atoms with Crippen molar-refractivity contribution in [1.82, 2.24) is 9.55 Å². The minimum Gasteiger partial charge on any atom is -0.497 e. The molecule has 2 aromatic carbocycles. The number of fused-ring (bicyclic) bond motifs is 3. The predicted molar refractivity (Wildman–Crippen MR) is 99.9 cm³/mol. The van der Waals surface area contributed by atoms with E-state index >= 15 is 0 Å². The van der Waals surface area contributed by atoms with Gasteiger partial charge in [-0.1, -0.05) is 12.1 Å². The Kier molecular flexibility index (Phi) is 3.99. The van der Waals surface area contributed by atoms with Crippen molar-refractivity contribution in [2.24, 2.45) is 5.14 Å². The fourth-order valence-corrected chi connectivity index (χ4v) is 3.54. The van der Waals surface area contributed by atoms with Gasteiger partial charge in [0.1, 0.15) is 16.7 Å². The zero-order valence-corrected chi connectivity index (χ0v) is 14.5. The molecule has 0 aliphatic heterocycles. The van der Waals surface area contributed by atoms with Gasteiger partial charge in [0.2, 0.25) is 0 Å². The Bertz CT molecular complexity index is 1090. The van der Waals surface area contributed by atoms with Crippen molar-refractivity contribution in [1.29, 1.82) is 0 Å². The third-order valence-corrected chi connectivity index (χ3v) is 5.11. The number of hydrogen-bond acceptors (Lipinski definition) is 3. The van der Waals surface area contributed by atoms with Crippen LogP contribution in [0.4, 0.5) is 0 Å². The summed E-state index contributed by atoms with van der Waals surface area (Å²) >= 11 is 0. The number of methoxy groups -OCH3 is 1. The van der Waals surface area contributed by atoms with Crippen LogP contribution in [0.25, 0.3) is 21.8 Å². The van der Waals surface area contributed by atoms with Gasteiger partial charge in [-0.25, -0.2) is 9.35 Å². The van der Waals surface area contributed by atoms with E-state index in [1.165, 1.54) is 0 Å². The summed E-state index contributed by atoms with van der Waals surface area (Å²) in [4.78, 5) is 4.89. The monoisotopic (exact) mass is 351 g/mol. The summed E-state index contributed by atoms with van der Waals surface area (Å²) in [5.74, 6) is 0.824. The molecule has 0 aliphatic carbocycles. The first kappa shape index (κ1) is 15.8. The maximum atomic E-state index is 11.3. The molecule has 0 spiro atoms. The Labute approximate surface area is 147 Å². The van der Waals surface area contributed by atoms with Crippen LogP contribution in [-0.2, 0) is 17.5 Å². The Hall–Kier alpha value is -2.70. The van der Waals surface area contributed by atoms with E-state index < -0.39 is 11.0 Å². The van der Waals surface area contributed by atoms with Gasteiger partial charge in [0, 0.05) is 35.2 Å². The van der Waals surface area contributed by atoms with Crippen LogP contribution in [0.1, 0.15) is 5.56 Å². The molecule has 0 radical (unpaired) electrons. The quantitative estimate of drug-likeness (QED) is 0.614. The Balaban J connectivity index is 1.86. The van der Waals surface area contributed by atoms with Gasteiger partial charge in [0.25, 0.3) is 0 Å². The highest BCUT2D eigenvalue weighted by atomic mass is 32.2. The number of nitrogens with two attached hydrogens (primary N) is 1. The van der Waals surface area contributed by atoms with Crippen molar-refractivity contribution in [2.75, 3.05) is 7.11 Å². The number of rotatable bonds is 4. The summed E-state index contributed by atoms with van der Waals surface area (Å²) in [6.07, 6.45) is 3.68. The van der Waals surface area contributed by atoms with Crippen molar-refractivity contribution in [2.45, 2.75) is 11.4 Å². The van der Waals surface area contributed by atoms with Crippen LogP contribution in [0, 0.1) is 0 Å². The number of hydrogen-bond donors (Lipinski definition) is 1. The lowest BCUT2D eigenvalue weighted by molar-refractivity contribution is 0.415. The second-order valence-corrected chi connectivity index (χ2v) is 6.87. The number of benzene rings is 2. The van der Waals surface area contributed by atoms with Gasteiger partial charge in [0.05, 0.1) is 17.5 Å². The molecular formula is C19H17N3O2S. The first-order chi connectivity index (χ1) is 12.2. The number of pyridine rings is 1. The van der Waals surface area contributed by atoms with E-state index in [1.54, 1.807) is 13.3 Å². The summed E-state index contributed by atoms with van der Waals surface area (Å²) in [6, 6.07) is 15.6. The van der Waals surface area contributed by atoms with Gasteiger partial charge in [-0.2, -0.15) is 0 Å². The van der Waals surface area contributed by atoms with Crippen molar-refractivity contribution < 1.29 is 8.95 Å². The fourth-order valence-electron chi connectivity index (χ4n) is 3.13. The molecule has 126 valence electrons. The molecule has 0 saturated heterocycles. The van der Waals surface area contributed by atoms with Crippen LogP contribution in [0.3, 0.4) is 0 Å². The van der Waals surface area contributed by atoms with Crippen LogP contribution in [-0.4, -0.2) is 20.9 Å². The number of ether oxygens (including phenoxy) is 1. The van der Waals surface area contributed by atoms with Crippen molar-refractivity contribution >= 4 is 32.8 Å². The number of nitrogens with zero attached hydrogens (tertiary/aromatic N) is 2. The van der Waals surface area contributed by atoms with Crippen molar-refractivity contribution in [3.63, 3.8) is 0 Å². The highest BCUT2D eigenvalue weighted by Crippen LogP contribution is 2.31. The van der Waals surface area contributed by atoms with Gasteiger partial charge in [0.15, 0.2) is 0 Å². The second kappa shape index (κ2) is 6.31. The molecule has 2 aromatic heterocycles. The number of aromatic nitrogens is 2. The van der Waals surface area contributed by atoms with E-state index in [-0.39, 0.29) is 0 Å². The summed E-state index contributed by atoms with van der Waals surface area (Å²) in [5.41, 5.74) is 3.35. The predicted octanol–water partition coefficient (Wildman–Crippen LogP) is 3.23. The minimum absolute atomic E-state index is 0.625. The molecule has 4 aromatic rings. The van der Waals surface area contributed by atoms with E-state index in [2.05, 4.69) is 15.6 Å². The molecule has 25 heavy (non-hydrogen) atoms. The molecule has 2 heterocycles. The summed E-state index contributed by atoms with van der Waals surface area (Å²) < 4.78 is 19.0. The zero-order chi connectivity index (χ0) is 17.4. The smallest absolute Gasteiger partial charge is 0.122 e. The van der Waals surface area contributed by atoms with Gasteiger partial charge in [-0.3, -0.25) is 4.98 Å². The molecule has 1 atom stereocenters. The van der Waals surface area contributed by atoms with E-state index in [9.17, 15) is 4.21 Å². The van der Waals surface area contributed by atoms with Crippen LogP contribution in [0.5, 0.6) is 5.75 Å². The largest absolute Gasteiger partial charge is 0.497 e. The molecular weight excluding hydrogens is 334 g/mol. The Morgan fingerprint density at radius 1 is 1.08 bits per heavy atom. The maximum Gasteiger partial charge on any atom is 0.122 e. The summed E-state index contributed by atoms with van der Waals surface area (Å²) in [6.45, 7) is 0.702. The fraction of sp³-hybridized carbons (Fsp3) is 0.105. The lowest BCUT2D eigenvalue weighted by Crippen LogP contribution is -2.03. The molecule has 0 saturated carbocycles. The molecule has 1 unspecified atom stereocenters. The van der Waals surface area contributed by atoms with Crippen LogP contribution < -0.4 is 9.88 Å². The average Bonchev–Trinajstić information content (AvgIpc) is 2.95. The summed E-state index contributed by atoms with van der Waals surface area (Å²) in [7, 11) is 0.215. The van der Waals surface area contributed by atoms with Gasteiger partial charge in [-0.15, -0.1) is 0 Å². The summed E-state index contributed by atoms with van der Waals surface area (Å²) in [5, 5.41) is 7.63. The van der Waals surface area contributed by atoms with E-state index in [4.69, 9.17) is 9.88 Å². The van der Waals surface area contributed by atoms with Crippen LogP contribution in [0.2, 0.25) is 0 Å². The van der Waals surface area contributed by atoms with Gasteiger partial charge >= 0.3 is 0 Å². The lowest BCUT2D eigenvalue weighted by Gasteiger charge is -2.08. The molecule has 2 N–H and O–H groups in total. The van der Waals surface area contributed by atoms with Crippen LogP contribution >= 0.6 is 0 Å². The van der Waals surface area contributed by atoms with Gasteiger partial charge in [-0.05, 0) is 42.0 Å². The topological polar surface area (TPSA) is 70.1 Å². The zero-order valence-electron chi connectivity index (χ0n) is 13.7. The minimum atomic E-state index is -1.45. The maximum absolute atomic E-state index is 11.3. The Morgan fingerprint density at radius 3 is 2.56 bits per heavy atom. The standard InChI is InChI=1S/C19H17N3O2S/c1-24-14-4-7-18-16(10-14)17-11-21-9-8-19(17)22(18)12-13-2-5-15(6-3-13)25(20)23/h2-11H,12,20H2,1H3. The lowest BCUT2D eigenvalue weighted by atomic mass is 10.2. The molecule has 0 fully saturated rings. The normalized spacial score (nSPS) is 12.6. The van der Waals surface area contributed by atoms with Crippen LogP contribution in [0.15, 0.2) is 65.8 Å². The van der Waals surface area contributed by atoms with Crippen molar-refractivity contribution in [3.05, 3.63) is 66.5 Å². The first-order valence-corrected chi connectivity index (χ1v) is 9.04. The van der Waals surface area contributed by atoms with E-state index in [0.717, 1.165) is 33.1 Å². The highest BCUT2D eigenvalue weighted by molar-refractivity contribution is 7.82. The molecule has 0 amide bonds. The molecule has 5 nitrogen and oxygen atoms in total. The average molecular weight is 351 g/mol. The first-order valence-electron chi connectivity index (χ1n) is 7.82. The van der Waals surface area contributed by atoms with Gasteiger partial charge < -0.3 is 9.30 Å². The molecule has 4 rings (SSSR count).